The summed E-state index contributed by atoms with van der Waals surface area (Å²) in [7, 11) is 0. The molecule has 5 nitrogen and oxygen atoms in total. The second-order valence-electron chi connectivity index (χ2n) is 7.49. The minimum Gasteiger partial charge on any atom is -0.372 e. The zero-order valence-electron chi connectivity index (χ0n) is 17.6. The third-order valence-electron chi connectivity index (χ3n) is 5.61. The minimum atomic E-state index is 0.583. The van der Waals surface area contributed by atoms with Crippen molar-refractivity contribution in [1.29, 1.82) is 5.26 Å². The molecule has 0 bridgehead atoms. The van der Waals surface area contributed by atoms with Gasteiger partial charge in [-0.2, -0.15) is 10.4 Å². The zero-order valence-corrected chi connectivity index (χ0v) is 17.6. The molecule has 1 saturated heterocycles. The first-order chi connectivity index (χ1) is 14.0. The van der Waals surface area contributed by atoms with E-state index in [1.165, 1.54) is 19.3 Å². The van der Waals surface area contributed by atoms with Crippen molar-refractivity contribution in [3.8, 4) is 6.07 Å². The molecule has 1 aromatic heterocycles. The van der Waals surface area contributed by atoms with Crippen molar-refractivity contribution in [2.45, 2.75) is 46.6 Å². The summed E-state index contributed by atoms with van der Waals surface area (Å²) in [5, 5.41) is 23.6. The van der Waals surface area contributed by atoms with Gasteiger partial charge in [-0.3, -0.25) is 0 Å². The topological polar surface area (TPSA) is 64.8 Å². The second kappa shape index (κ2) is 9.38. The van der Waals surface area contributed by atoms with Crippen molar-refractivity contribution in [2.24, 2.45) is 0 Å². The van der Waals surface area contributed by atoms with Gasteiger partial charge in [0.15, 0.2) is 5.82 Å². The maximum atomic E-state index is 9.28. The molecule has 0 spiro atoms. The summed E-state index contributed by atoms with van der Waals surface area (Å²) in [5.41, 5.74) is 4.69. The van der Waals surface area contributed by atoms with Crippen molar-refractivity contribution < 1.29 is 0 Å². The number of aromatic nitrogens is 2. The molecule has 1 aliphatic heterocycles. The Kier molecular flexibility index (Phi) is 6.66. The van der Waals surface area contributed by atoms with Crippen LogP contribution in [0.3, 0.4) is 0 Å². The number of rotatable bonds is 5. The van der Waals surface area contributed by atoms with Gasteiger partial charge in [-0.05, 0) is 63.3 Å². The highest BCUT2D eigenvalue weighted by Gasteiger charge is 2.12. The molecule has 2 aromatic rings. The van der Waals surface area contributed by atoms with Gasteiger partial charge in [-0.1, -0.05) is 24.8 Å². The van der Waals surface area contributed by atoms with Crippen LogP contribution in [0.2, 0.25) is 0 Å². The lowest BCUT2D eigenvalue weighted by Crippen LogP contribution is -2.35. The molecule has 1 aliphatic rings. The summed E-state index contributed by atoms with van der Waals surface area (Å²) < 4.78 is 0. The standard InChI is InChI=1S/C24H29N5/c1-5-22-19(4)27-28-24(23(22)14-17(2)29-12-7-6-8-13-29)26-16-21-11-9-10-20(15-25)18(21)3/h5,9-11,14H,2,6-8,12-13,16H2,1,3-4H3,(H,26,28)/b22-5-,23-14+. The van der Waals surface area contributed by atoms with Crippen LogP contribution in [0.25, 0.3) is 12.2 Å². The Labute approximate surface area is 173 Å². The first kappa shape index (κ1) is 20.6. The van der Waals surface area contributed by atoms with Crippen molar-refractivity contribution in [1.82, 2.24) is 15.1 Å². The second-order valence-corrected chi connectivity index (χ2v) is 7.49. The molecule has 1 fully saturated rings. The van der Waals surface area contributed by atoms with Crippen molar-refractivity contribution in [3.63, 3.8) is 0 Å². The summed E-state index contributed by atoms with van der Waals surface area (Å²) in [6, 6.07) is 8.05. The zero-order chi connectivity index (χ0) is 20.8. The highest BCUT2D eigenvalue weighted by molar-refractivity contribution is 5.54. The van der Waals surface area contributed by atoms with Gasteiger partial charge >= 0.3 is 0 Å². The number of benzene rings is 1. The van der Waals surface area contributed by atoms with E-state index in [9.17, 15) is 5.26 Å². The van der Waals surface area contributed by atoms with Crippen LogP contribution in [0.15, 0.2) is 30.5 Å². The van der Waals surface area contributed by atoms with Crippen LogP contribution in [0.1, 0.15) is 48.6 Å². The van der Waals surface area contributed by atoms with E-state index in [4.69, 9.17) is 0 Å². The summed E-state index contributed by atoms with van der Waals surface area (Å²) >= 11 is 0. The molecular weight excluding hydrogens is 358 g/mol. The van der Waals surface area contributed by atoms with Gasteiger partial charge in [0.25, 0.3) is 0 Å². The van der Waals surface area contributed by atoms with Gasteiger partial charge in [0.05, 0.1) is 17.3 Å². The van der Waals surface area contributed by atoms with E-state index in [0.717, 1.165) is 51.9 Å². The van der Waals surface area contributed by atoms with Crippen molar-refractivity contribution >= 4 is 18.0 Å². The lowest BCUT2D eigenvalue weighted by Gasteiger charge is -2.29. The van der Waals surface area contributed by atoms with E-state index in [-0.39, 0.29) is 0 Å². The van der Waals surface area contributed by atoms with Crippen LogP contribution in [-0.4, -0.2) is 28.2 Å². The predicted molar refractivity (Wildman–Crippen MR) is 118 cm³/mol. The van der Waals surface area contributed by atoms with Gasteiger partial charge in [0.2, 0.25) is 0 Å². The minimum absolute atomic E-state index is 0.583. The number of likely N-dealkylation sites (tertiary alicyclic amines) is 1. The van der Waals surface area contributed by atoms with Crippen molar-refractivity contribution in [3.05, 3.63) is 63.3 Å². The lowest BCUT2D eigenvalue weighted by atomic mass is 10.0. The van der Waals surface area contributed by atoms with Crippen LogP contribution in [0.4, 0.5) is 5.82 Å². The molecule has 3 rings (SSSR count). The number of nitrogens with one attached hydrogen (secondary N) is 1. The number of hydrogen-bond donors (Lipinski definition) is 1. The molecule has 2 heterocycles. The molecule has 29 heavy (non-hydrogen) atoms. The quantitative estimate of drug-likeness (QED) is 0.854. The Hall–Kier alpha value is -3.13. The van der Waals surface area contributed by atoms with Crippen molar-refractivity contribution in [2.75, 3.05) is 18.4 Å². The van der Waals surface area contributed by atoms with Gasteiger partial charge in [0, 0.05) is 35.8 Å². The molecule has 0 unspecified atom stereocenters. The molecule has 0 saturated carbocycles. The molecule has 1 aromatic carbocycles. The fourth-order valence-corrected chi connectivity index (χ4v) is 3.81. The summed E-state index contributed by atoms with van der Waals surface area (Å²) in [4.78, 5) is 2.35. The highest BCUT2D eigenvalue weighted by atomic mass is 15.2. The van der Waals surface area contributed by atoms with Gasteiger partial charge in [-0.15, -0.1) is 5.10 Å². The third-order valence-corrected chi connectivity index (χ3v) is 5.61. The van der Waals surface area contributed by atoms with E-state index < -0.39 is 0 Å². The van der Waals surface area contributed by atoms with Crippen LogP contribution in [0, 0.1) is 25.2 Å². The molecule has 0 radical (unpaired) electrons. The van der Waals surface area contributed by atoms with E-state index in [2.05, 4.69) is 45.2 Å². The highest BCUT2D eigenvalue weighted by Crippen LogP contribution is 2.15. The number of nitriles is 1. The summed E-state index contributed by atoms with van der Waals surface area (Å²) in [6.45, 7) is 13.0. The molecule has 150 valence electrons. The SMILES string of the molecule is C=C(/C=c1/c(NCc2cccc(C#N)c2C)nnc(C)/c1=C/C)N1CCCCC1. The fraction of sp³-hybridized carbons (Fsp3) is 0.375. The average Bonchev–Trinajstić information content (AvgIpc) is 2.75. The number of nitrogens with zero attached hydrogens (tertiary/aromatic N) is 4. The Morgan fingerprint density at radius 3 is 2.66 bits per heavy atom. The molecule has 5 heteroatoms. The van der Waals surface area contributed by atoms with E-state index in [1.54, 1.807) is 0 Å². The molecule has 1 N–H and O–H groups in total. The number of hydrogen-bond acceptors (Lipinski definition) is 5. The molecular formula is C24H29N5. The van der Waals surface area contributed by atoms with Gasteiger partial charge in [-0.25, -0.2) is 0 Å². The number of piperidine rings is 1. The van der Waals surface area contributed by atoms with Crippen LogP contribution >= 0.6 is 0 Å². The predicted octanol–water partition coefficient (Wildman–Crippen LogP) is 3.16. The Morgan fingerprint density at radius 2 is 1.97 bits per heavy atom. The largest absolute Gasteiger partial charge is 0.372 e. The maximum absolute atomic E-state index is 9.28. The molecule has 0 amide bonds. The Bertz CT molecular complexity index is 1060. The fourth-order valence-electron chi connectivity index (χ4n) is 3.81. The number of allylic oxidation sites excluding steroid dienone is 1. The normalized spacial score (nSPS) is 15.3. The smallest absolute Gasteiger partial charge is 0.156 e. The first-order valence-corrected chi connectivity index (χ1v) is 10.2. The van der Waals surface area contributed by atoms with Gasteiger partial charge < -0.3 is 10.2 Å². The van der Waals surface area contributed by atoms with E-state index in [0.29, 0.717) is 12.1 Å². The van der Waals surface area contributed by atoms with Crippen LogP contribution in [-0.2, 0) is 6.54 Å². The third kappa shape index (κ3) is 4.65. The average molecular weight is 388 g/mol. The maximum Gasteiger partial charge on any atom is 0.156 e. The van der Waals surface area contributed by atoms with E-state index in [1.807, 2.05) is 39.0 Å². The Balaban J connectivity index is 1.96. The molecule has 0 aliphatic carbocycles. The monoisotopic (exact) mass is 387 g/mol. The van der Waals surface area contributed by atoms with Crippen LogP contribution < -0.4 is 15.8 Å². The summed E-state index contributed by atoms with van der Waals surface area (Å²) in [6.07, 6.45) is 7.93. The summed E-state index contributed by atoms with van der Waals surface area (Å²) in [5.74, 6) is 0.739. The lowest BCUT2D eigenvalue weighted by molar-refractivity contribution is 0.297. The number of aryl methyl sites for hydroxylation is 1. The Morgan fingerprint density at radius 1 is 1.21 bits per heavy atom. The number of anilines is 1. The first-order valence-electron chi connectivity index (χ1n) is 10.2. The van der Waals surface area contributed by atoms with Gasteiger partial charge in [0.1, 0.15) is 0 Å². The molecule has 0 atom stereocenters. The van der Waals surface area contributed by atoms with Crippen LogP contribution in [0.5, 0.6) is 0 Å². The van der Waals surface area contributed by atoms with E-state index >= 15 is 0 Å².